The van der Waals surface area contributed by atoms with E-state index >= 15 is 0 Å². The van der Waals surface area contributed by atoms with Crippen LogP contribution in [0.1, 0.15) is 25.0 Å². The van der Waals surface area contributed by atoms with Gasteiger partial charge >= 0.3 is 0 Å². The molecule has 1 aromatic carbocycles. The molecule has 118 valence electrons. The largest absolute Gasteiger partial charge is 0.296 e. The molecule has 0 amide bonds. The number of hydrogen-bond donors (Lipinski definition) is 0. The smallest absolute Gasteiger partial charge is 0.151 e. The summed E-state index contributed by atoms with van der Waals surface area (Å²) in [5, 5.41) is 0.890. The van der Waals surface area contributed by atoms with Gasteiger partial charge in [-0.15, -0.1) is 0 Å². The number of hydrogen-bond acceptors (Lipinski definition) is 4. The molecule has 0 bridgehead atoms. The van der Waals surface area contributed by atoms with E-state index in [4.69, 9.17) is 0 Å². The Labute approximate surface area is 132 Å². The summed E-state index contributed by atoms with van der Waals surface area (Å²) in [6.45, 7) is 0.682. The van der Waals surface area contributed by atoms with Crippen molar-refractivity contribution in [1.82, 2.24) is 9.88 Å². The van der Waals surface area contributed by atoms with Crippen LogP contribution >= 0.6 is 0 Å². The zero-order valence-electron chi connectivity index (χ0n) is 13.1. The van der Waals surface area contributed by atoms with Crippen LogP contribution in [0.25, 0.3) is 10.9 Å². The van der Waals surface area contributed by atoms with Crippen LogP contribution in [-0.4, -0.2) is 42.9 Å². The second-order valence-corrected chi connectivity index (χ2v) is 8.54. The van der Waals surface area contributed by atoms with Gasteiger partial charge in [-0.3, -0.25) is 9.88 Å². The first kappa shape index (κ1) is 15.4. The van der Waals surface area contributed by atoms with Crippen LogP contribution in [-0.2, 0) is 16.4 Å². The molecule has 1 aliphatic rings. The molecule has 0 N–H and O–H groups in total. The highest BCUT2D eigenvalue weighted by molar-refractivity contribution is 7.91. The maximum absolute atomic E-state index is 11.9. The van der Waals surface area contributed by atoms with E-state index < -0.39 is 9.84 Å². The number of benzene rings is 1. The van der Waals surface area contributed by atoms with Gasteiger partial charge in [-0.05, 0) is 32.0 Å². The number of nitrogens with zero attached hydrogens (tertiary/aromatic N) is 2. The van der Waals surface area contributed by atoms with E-state index in [1.165, 1.54) is 6.26 Å². The van der Waals surface area contributed by atoms with Crippen molar-refractivity contribution < 1.29 is 8.42 Å². The second kappa shape index (κ2) is 5.97. The van der Waals surface area contributed by atoms with E-state index in [0.29, 0.717) is 6.54 Å². The van der Waals surface area contributed by atoms with E-state index in [1.54, 1.807) is 0 Å². The summed E-state index contributed by atoms with van der Waals surface area (Å²) in [6.07, 6.45) is 4.07. The Hall–Kier alpha value is -1.46. The van der Waals surface area contributed by atoms with Gasteiger partial charge in [0, 0.05) is 24.2 Å². The summed E-state index contributed by atoms with van der Waals surface area (Å²) in [4.78, 5) is 6.83. The van der Waals surface area contributed by atoms with Crippen LogP contribution < -0.4 is 0 Å². The third-order valence-corrected chi connectivity index (χ3v) is 6.25. The van der Waals surface area contributed by atoms with Crippen LogP contribution in [0.15, 0.2) is 36.4 Å². The molecule has 1 heterocycles. The molecule has 0 spiro atoms. The van der Waals surface area contributed by atoms with Gasteiger partial charge in [-0.25, -0.2) is 8.42 Å². The highest BCUT2D eigenvalue weighted by Crippen LogP contribution is 2.29. The van der Waals surface area contributed by atoms with E-state index in [1.807, 2.05) is 37.4 Å². The zero-order valence-corrected chi connectivity index (χ0v) is 13.9. The van der Waals surface area contributed by atoms with E-state index in [0.717, 1.165) is 35.9 Å². The summed E-state index contributed by atoms with van der Waals surface area (Å²) < 4.78 is 23.9. The highest BCUT2D eigenvalue weighted by atomic mass is 32.2. The molecule has 1 aliphatic carbocycles. The summed E-state index contributed by atoms with van der Waals surface area (Å²) in [7, 11) is -0.981. The average Bonchev–Trinajstić information content (AvgIpc) is 2.97. The first-order valence-corrected chi connectivity index (χ1v) is 9.64. The lowest BCUT2D eigenvalue weighted by Crippen LogP contribution is -2.41. The number of aromatic nitrogens is 1. The van der Waals surface area contributed by atoms with Gasteiger partial charge in [0.15, 0.2) is 9.84 Å². The van der Waals surface area contributed by atoms with Gasteiger partial charge in [-0.2, -0.15) is 0 Å². The predicted octanol–water partition coefficient (Wildman–Crippen LogP) is 2.63. The Morgan fingerprint density at radius 1 is 1.18 bits per heavy atom. The van der Waals surface area contributed by atoms with Crippen LogP contribution in [0.2, 0.25) is 0 Å². The van der Waals surface area contributed by atoms with Crippen molar-refractivity contribution in [2.75, 3.05) is 13.3 Å². The second-order valence-electron chi connectivity index (χ2n) is 6.28. The van der Waals surface area contributed by atoms with E-state index in [-0.39, 0.29) is 11.3 Å². The molecule has 1 saturated carbocycles. The van der Waals surface area contributed by atoms with E-state index in [2.05, 4.69) is 16.0 Å². The minimum absolute atomic E-state index is 0.100. The van der Waals surface area contributed by atoms with Crippen LogP contribution in [0, 0.1) is 0 Å². The normalized spacial score (nSPS) is 22.5. The van der Waals surface area contributed by atoms with Crippen molar-refractivity contribution in [3.8, 4) is 0 Å². The Balaban J connectivity index is 1.79. The molecule has 2 aromatic rings. The number of para-hydroxylation sites is 1. The molecule has 0 unspecified atom stereocenters. The molecule has 2 atom stereocenters. The molecule has 4 nitrogen and oxygen atoms in total. The third-order valence-electron chi connectivity index (χ3n) is 4.60. The van der Waals surface area contributed by atoms with Crippen molar-refractivity contribution in [2.45, 2.75) is 37.1 Å². The fraction of sp³-hybridized carbons (Fsp3) is 0.471. The summed E-state index contributed by atoms with van der Waals surface area (Å²) >= 11 is 0. The molecule has 0 saturated heterocycles. The number of sulfone groups is 1. The van der Waals surface area contributed by atoms with Crippen molar-refractivity contribution >= 4 is 20.7 Å². The maximum atomic E-state index is 11.9. The van der Waals surface area contributed by atoms with Gasteiger partial charge in [0.25, 0.3) is 0 Å². The first-order chi connectivity index (χ1) is 10.4. The van der Waals surface area contributed by atoms with Crippen LogP contribution in [0.4, 0.5) is 0 Å². The van der Waals surface area contributed by atoms with Crippen molar-refractivity contribution in [1.29, 1.82) is 0 Å². The van der Waals surface area contributed by atoms with Gasteiger partial charge in [0.1, 0.15) is 0 Å². The first-order valence-electron chi connectivity index (χ1n) is 7.69. The van der Waals surface area contributed by atoms with Gasteiger partial charge in [0.2, 0.25) is 0 Å². The number of rotatable bonds is 4. The lowest BCUT2D eigenvalue weighted by atomic mass is 10.2. The SMILES string of the molecule is CN(Cc1ccc2ccccc2n1)[C@@H]1CCC[C@H]1S(C)(=O)=O. The summed E-state index contributed by atoms with van der Waals surface area (Å²) in [6, 6.07) is 12.3. The monoisotopic (exact) mass is 318 g/mol. The minimum Gasteiger partial charge on any atom is -0.296 e. The molecule has 1 fully saturated rings. The Morgan fingerprint density at radius 3 is 2.73 bits per heavy atom. The fourth-order valence-electron chi connectivity index (χ4n) is 3.48. The number of pyridine rings is 1. The Bertz CT molecular complexity index is 773. The number of fused-ring (bicyclic) bond motifs is 1. The maximum Gasteiger partial charge on any atom is 0.151 e. The summed E-state index contributed by atoms with van der Waals surface area (Å²) in [5.41, 5.74) is 1.97. The average molecular weight is 318 g/mol. The Morgan fingerprint density at radius 2 is 1.95 bits per heavy atom. The molecule has 0 aliphatic heterocycles. The van der Waals surface area contributed by atoms with E-state index in [9.17, 15) is 8.42 Å². The van der Waals surface area contributed by atoms with Crippen LogP contribution in [0.3, 0.4) is 0 Å². The third kappa shape index (κ3) is 3.15. The quantitative estimate of drug-likeness (QED) is 0.869. The molecule has 1 aromatic heterocycles. The molecule has 3 rings (SSSR count). The predicted molar refractivity (Wildman–Crippen MR) is 89.5 cm³/mol. The topological polar surface area (TPSA) is 50.3 Å². The highest BCUT2D eigenvalue weighted by Gasteiger charge is 2.37. The lowest BCUT2D eigenvalue weighted by molar-refractivity contribution is 0.236. The molecular weight excluding hydrogens is 296 g/mol. The van der Waals surface area contributed by atoms with Gasteiger partial charge in [-0.1, -0.05) is 30.7 Å². The summed E-state index contributed by atoms with van der Waals surface area (Å²) in [5.74, 6) is 0. The van der Waals surface area contributed by atoms with Crippen molar-refractivity contribution in [3.05, 3.63) is 42.1 Å². The van der Waals surface area contributed by atoms with Crippen LogP contribution in [0.5, 0.6) is 0 Å². The van der Waals surface area contributed by atoms with Crippen molar-refractivity contribution in [3.63, 3.8) is 0 Å². The lowest BCUT2D eigenvalue weighted by Gasteiger charge is -2.28. The molecule has 0 radical (unpaired) electrons. The fourth-order valence-corrected chi connectivity index (χ4v) is 4.99. The minimum atomic E-state index is -2.99. The van der Waals surface area contributed by atoms with Gasteiger partial charge in [0.05, 0.1) is 16.5 Å². The molecule has 22 heavy (non-hydrogen) atoms. The zero-order chi connectivity index (χ0) is 15.7. The van der Waals surface area contributed by atoms with Gasteiger partial charge < -0.3 is 0 Å². The standard InChI is InChI=1S/C17H22N2O2S/c1-19(16-8-5-9-17(16)22(2,20)21)12-14-11-10-13-6-3-4-7-15(13)18-14/h3-4,6-7,10-11,16-17H,5,8-9,12H2,1-2H3/t16-,17-/m1/s1. The molecule has 5 heteroatoms. The molecular formula is C17H22N2O2S. The Kier molecular flexibility index (Phi) is 4.19. The van der Waals surface area contributed by atoms with Crippen molar-refractivity contribution in [2.24, 2.45) is 0 Å².